The number of rotatable bonds is 11. The lowest BCUT2D eigenvalue weighted by Crippen LogP contribution is -2.30. The second-order valence-electron chi connectivity index (χ2n) is 10.4. The highest BCUT2D eigenvalue weighted by Crippen LogP contribution is 2.46. The van der Waals surface area contributed by atoms with E-state index in [9.17, 15) is 0 Å². The summed E-state index contributed by atoms with van der Waals surface area (Å²) in [7, 11) is -0.294. The Kier molecular flexibility index (Phi) is 10.5. The van der Waals surface area contributed by atoms with E-state index < -0.39 is 0 Å². The van der Waals surface area contributed by atoms with Crippen LogP contribution >= 0.6 is 15.8 Å². The minimum absolute atomic E-state index is 0.128. The Balaban J connectivity index is 2.70. The standard InChI is InChI=1S/C28H44P2/c1-21(2)17-29(18-22(3)4)27-16-12-15-26(25-13-10-9-11-14-25)28(27)30(19-23(5)6)20-24(7)8/h9-16,21-24H,17-20H2,1-8H3. The molecule has 2 rings (SSSR count). The van der Waals surface area contributed by atoms with Crippen molar-refractivity contribution in [2.45, 2.75) is 55.4 Å². The Morgan fingerprint density at radius 1 is 0.533 bits per heavy atom. The molecule has 30 heavy (non-hydrogen) atoms. The first-order chi connectivity index (χ1) is 14.2. The van der Waals surface area contributed by atoms with Gasteiger partial charge in [-0.2, -0.15) is 0 Å². The van der Waals surface area contributed by atoms with Gasteiger partial charge in [0.05, 0.1) is 0 Å². The molecule has 0 aliphatic heterocycles. The van der Waals surface area contributed by atoms with Gasteiger partial charge in [0.2, 0.25) is 0 Å². The molecule has 0 amide bonds. The third-order valence-electron chi connectivity index (χ3n) is 5.10. The lowest BCUT2D eigenvalue weighted by atomic mass is 10.1. The van der Waals surface area contributed by atoms with Crippen LogP contribution in [0.5, 0.6) is 0 Å². The summed E-state index contributed by atoms with van der Waals surface area (Å²) in [5.74, 6) is 3.00. The van der Waals surface area contributed by atoms with Crippen LogP contribution in [0.4, 0.5) is 0 Å². The number of hydrogen-bond donors (Lipinski definition) is 0. The van der Waals surface area contributed by atoms with Gasteiger partial charge in [-0.25, -0.2) is 0 Å². The average Bonchev–Trinajstić information content (AvgIpc) is 2.65. The molecule has 0 N–H and O–H groups in total. The van der Waals surface area contributed by atoms with Gasteiger partial charge in [0.25, 0.3) is 0 Å². The number of hydrogen-bond acceptors (Lipinski definition) is 0. The third-order valence-corrected chi connectivity index (χ3v) is 12.1. The van der Waals surface area contributed by atoms with Crippen molar-refractivity contribution in [2.24, 2.45) is 23.7 Å². The molecular weight excluding hydrogens is 398 g/mol. The van der Waals surface area contributed by atoms with Crippen molar-refractivity contribution in [2.75, 3.05) is 24.6 Å². The highest BCUT2D eigenvalue weighted by atomic mass is 31.1. The van der Waals surface area contributed by atoms with Crippen molar-refractivity contribution in [3.05, 3.63) is 48.5 Å². The molecule has 0 saturated heterocycles. The van der Waals surface area contributed by atoms with Crippen LogP contribution in [-0.4, -0.2) is 24.6 Å². The third kappa shape index (κ3) is 7.77. The molecular formula is C28H44P2. The molecule has 2 heteroatoms. The normalized spacial score (nSPS) is 12.3. The van der Waals surface area contributed by atoms with E-state index >= 15 is 0 Å². The molecule has 166 valence electrons. The Labute approximate surface area is 189 Å². The van der Waals surface area contributed by atoms with Crippen LogP contribution in [-0.2, 0) is 0 Å². The topological polar surface area (TPSA) is 0 Å². The van der Waals surface area contributed by atoms with E-state index in [0.717, 1.165) is 23.7 Å². The summed E-state index contributed by atoms with van der Waals surface area (Å²) < 4.78 is 0. The minimum Gasteiger partial charge on any atom is -0.0741 e. The minimum atomic E-state index is -0.166. The SMILES string of the molecule is CC(C)CP(CC(C)C)c1cccc(-c2ccccc2)c1P(CC(C)C)CC(C)C. The van der Waals surface area contributed by atoms with Crippen LogP contribution in [0.1, 0.15) is 55.4 Å². The van der Waals surface area contributed by atoms with Crippen LogP contribution in [0.15, 0.2) is 48.5 Å². The predicted octanol–water partition coefficient (Wildman–Crippen LogP) is 8.19. The van der Waals surface area contributed by atoms with Crippen molar-refractivity contribution >= 4 is 26.5 Å². The number of benzene rings is 2. The van der Waals surface area contributed by atoms with Crippen molar-refractivity contribution in [3.63, 3.8) is 0 Å². The molecule has 0 aliphatic carbocycles. The van der Waals surface area contributed by atoms with Crippen molar-refractivity contribution < 1.29 is 0 Å². The summed E-state index contributed by atoms with van der Waals surface area (Å²) in [6.45, 7) is 19.2. The van der Waals surface area contributed by atoms with E-state index in [-0.39, 0.29) is 15.8 Å². The first-order valence-electron chi connectivity index (χ1n) is 11.9. The highest BCUT2D eigenvalue weighted by Gasteiger charge is 2.26. The molecule has 0 nitrogen and oxygen atoms in total. The zero-order valence-electron chi connectivity index (χ0n) is 20.7. The maximum atomic E-state index is 2.51. The maximum absolute atomic E-state index is 2.51. The molecule has 0 fully saturated rings. The van der Waals surface area contributed by atoms with Gasteiger partial charge >= 0.3 is 0 Å². The maximum Gasteiger partial charge on any atom is -0.00855 e. The van der Waals surface area contributed by atoms with E-state index in [1.54, 1.807) is 10.6 Å². The Morgan fingerprint density at radius 3 is 1.47 bits per heavy atom. The second-order valence-corrected chi connectivity index (χ2v) is 15.0. The van der Waals surface area contributed by atoms with E-state index in [1.807, 2.05) is 0 Å². The summed E-state index contributed by atoms with van der Waals surface area (Å²) in [4.78, 5) is 0. The smallest absolute Gasteiger partial charge is 0.00855 e. The fraction of sp³-hybridized carbons (Fsp3) is 0.571. The zero-order chi connectivity index (χ0) is 22.3. The summed E-state index contributed by atoms with van der Waals surface area (Å²) in [6, 6.07) is 18.4. The quantitative estimate of drug-likeness (QED) is 0.308. The summed E-state index contributed by atoms with van der Waals surface area (Å²) in [5.41, 5.74) is 2.92. The van der Waals surface area contributed by atoms with Crippen LogP contribution in [0.25, 0.3) is 11.1 Å². The monoisotopic (exact) mass is 442 g/mol. The van der Waals surface area contributed by atoms with Gasteiger partial charge in [0.1, 0.15) is 0 Å². The Hall–Kier alpha value is -0.700. The average molecular weight is 443 g/mol. The fourth-order valence-corrected chi connectivity index (χ4v) is 11.4. The lowest BCUT2D eigenvalue weighted by molar-refractivity contribution is 0.720. The van der Waals surface area contributed by atoms with Gasteiger partial charge in [0.15, 0.2) is 0 Å². The first kappa shape index (κ1) is 25.6. The zero-order valence-corrected chi connectivity index (χ0v) is 22.4. The largest absolute Gasteiger partial charge is 0.0741 e. The molecule has 0 heterocycles. The molecule has 0 aliphatic rings. The van der Waals surface area contributed by atoms with Gasteiger partial charge in [-0.15, -0.1) is 0 Å². The van der Waals surface area contributed by atoms with E-state index in [4.69, 9.17) is 0 Å². The van der Waals surface area contributed by atoms with Gasteiger partial charge in [-0.3, -0.25) is 0 Å². The Morgan fingerprint density at radius 2 is 1.00 bits per heavy atom. The fourth-order valence-electron chi connectivity index (χ4n) is 4.26. The van der Waals surface area contributed by atoms with E-state index in [0.29, 0.717) is 0 Å². The van der Waals surface area contributed by atoms with Gasteiger partial charge in [-0.05, 0) is 70.1 Å². The van der Waals surface area contributed by atoms with Crippen molar-refractivity contribution in [1.82, 2.24) is 0 Å². The van der Waals surface area contributed by atoms with Crippen LogP contribution in [0, 0.1) is 23.7 Å². The molecule has 0 aromatic heterocycles. The molecule has 0 unspecified atom stereocenters. The predicted molar refractivity (Wildman–Crippen MR) is 144 cm³/mol. The first-order valence-corrected chi connectivity index (χ1v) is 15.3. The van der Waals surface area contributed by atoms with Crippen LogP contribution < -0.4 is 10.6 Å². The summed E-state index contributed by atoms with van der Waals surface area (Å²) in [6.07, 6.45) is 5.39. The molecule has 2 aromatic rings. The van der Waals surface area contributed by atoms with Crippen molar-refractivity contribution in [3.8, 4) is 11.1 Å². The van der Waals surface area contributed by atoms with E-state index in [2.05, 4.69) is 104 Å². The second kappa shape index (κ2) is 12.4. The molecule has 2 aromatic carbocycles. The van der Waals surface area contributed by atoms with Crippen molar-refractivity contribution in [1.29, 1.82) is 0 Å². The molecule has 0 atom stereocenters. The van der Waals surface area contributed by atoms with Crippen LogP contribution in [0.3, 0.4) is 0 Å². The molecule has 0 saturated carbocycles. The van der Waals surface area contributed by atoms with Gasteiger partial charge < -0.3 is 0 Å². The lowest BCUT2D eigenvalue weighted by Gasteiger charge is -2.32. The molecule has 0 bridgehead atoms. The summed E-state index contributed by atoms with van der Waals surface area (Å²) in [5, 5.41) is 3.47. The van der Waals surface area contributed by atoms with Gasteiger partial charge in [-0.1, -0.05) is 120 Å². The van der Waals surface area contributed by atoms with Crippen LogP contribution in [0.2, 0.25) is 0 Å². The molecule has 0 spiro atoms. The van der Waals surface area contributed by atoms with E-state index in [1.165, 1.54) is 35.8 Å². The summed E-state index contributed by atoms with van der Waals surface area (Å²) >= 11 is 0. The highest BCUT2D eigenvalue weighted by molar-refractivity contribution is 7.72. The Bertz CT molecular complexity index is 726. The molecule has 0 radical (unpaired) electrons. The van der Waals surface area contributed by atoms with Gasteiger partial charge in [0, 0.05) is 0 Å².